The van der Waals surface area contributed by atoms with Gasteiger partial charge in [0.1, 0.15) is 11.6 Å². The van der Waals surface area contributed by atoms with E-state index in [1.807, 2.05) is 19.1 Å². The fourth-order valence-corrected chi connectivity index (χ4v) is 1.89. The number of nitrogens with zero attached hydrogens (tertiary/aromatic N) is 1. The van der Waals surface area contributed by atoms with Crippen LogP contribution in [0.1, 0.15) is 22.9 Å². The summed E-state index contributed by atoms with van der Waals surface area (Å²) >= 11 is 0. The second kappa shape index (κ2) is 5.23. The molecule has 2 nitrogen and oxygen atoms in total. The summed E-state index contributed by atoms with van der Waals surface area (Å²) in [5.74, 6) is -1.14. The van der Waals surface area contributed by atoms with Crippen molar-refractivity contribution in [3.63, 3.8) is 0 Å². The standard InChI is InChI=1S/C14H14F2N2/c1-9-3-4-10(8-18-9)14(17-2)12-6-5-11(15)7-13(12)16/h3-8,14,17H,1-2H3. The maximum atomic E-state index is 13.8. The molecule has 0 radical (unpaired) electrons. The molecule has 0 bridgehead atoms. The Balaban J connectivity index is 2.41. The molecule has 0 amide bonds. The van der Waals surface area contributed by atoms with Gasteiger partial charge < -0.3 is 5.32 Å². The third-order valence-corrected chi connectivity index (χ3v) is 2.83. The Morgan fingerprint density at radius 1 is 1.17 bits per heavy atom. The Morgan fingerprint density at radius 2 is 1.94 bits per heavy atom. The van der Waals surface area contributed by atoms with Crippen LogP contribution >= 0.6 is 0 Å². The van der Waals surface area contributed by atoms with Gasteiger partial charge in [-0.2, -0.15) is 0 Å². The first-order chi connectivity index (χ1) is 8.61. The van der Waals surface area contributed by atoms with Gasteiger partial charge in [-0.1, -0.05) is 12.1 Å². The molecule has 0 saturated heterocycles. The predicted octanol–water partition coefficient (Wildman–Crippen LogP) is 2.98. The lowest BCUT2D eigenvalue weighted by Crippen LogP contribution is -2.19. The molecule has 2 rings (SSSR count). The van der Waals surface area contributed by atoms with Gasteiger partial charge in [-0.15, -0.1) is 0 Å². The van der Waals surface area contributed by atoms with Crippen LogP contribution in [0.2, 0.25) is 0 Å². The van der Waals surface area contributed by atoms with Crippen LogP contribution in [0.25, 0.3) is 0 Å². The normalized spacial score (nSPS) is 12.4. The van der Waals surface area contributed by atoms with Gasteiger partial charge in [0.2, 0.25) is 0 Å². The molecule has 18 heavy (non-hydrogen) atoms. The highest BCUT2D eigenvalue weighted by molar-refractivity contribution is 5.32. The molecule has 1 aromatic heterocycles. The van der Waals surface area contributed by atoms with Gasteiger partial charge in [0, 0.05) is 23.5 Å². The van der Waals surface area contributed by atoms with Crippen molar-refractivity contribution < 1.29 is 8.78 Å². The third kappa shape index (κ3) is 2.54. The zero-order chi connectivity index (χ0) is 13.1. The summed E-state index contributed by atoms with van der Waals surface area (Å²) < 4.78 is 26.6. The van der Waals surface area contributed by atoms with E-state index in [0.29, 0.717) is 5.56 Å². The summed E-state index contributed by atoms with van der Waals surface area (Å²) in [4.78, 5) is 4.18. The van der Waals surface area contributed by atoms with E-state index >= 15 is 0 Å². The van der Waals surface area contributed by atoms with Crippen LogP contribution in [0.5, 0.6) is 0 Å². The van der Waals surface area contributed by atoms with Gasteiger partial charge in [-0.05, 0) is 31.7 Å². The minimum absolute atomic E-state index is 0.335. The Kier molecular flexibility index (Phi) is 3.67. The van der Waals surface area contributed by atoms with Crippen LogP contribution in [0.15, 0.2) is 36.5 Å². The molecule has 4 heteroatoms. The highest BCUT2D eigenvalue weighted by Crippen LogP contribution is 2.24. The molecule has 2 aromatic rings. The summed E-state index contributed by atoms with van der Waals surface area (Å²) in [5.41, 5.74) is 2.14. The number of pyridine rings is 1. The van der Waals surface area contributed by atoms with E-state index in [9.17, 15) is 8.78 Å². The van der Waals surface area contributed by atoms with Gasteiger partial charge >= 0.3 is 0 Å². The van der Waals surface area contributed by atoms with Crippen LogP contribution in [0.4, 0.5) is 8.78 Å². The summed E-state index contributed by atoms with van der Waals surface area (Å²) in [6.45, 7) is 1.89. The minimum Gasteiger partial charge on any atom is -0.309 e. The van der Waals surface area contributed by atoms with E-state index in [1.165, 1.54) is 12.1 Å². The minimum atomic E-state index is -0.576. The first-order valence-corrected chi connectivity index (χ1v) is 5.66. The number of aryl methyl sites for hydroxylation is 1. The molecule has 0 saturated carbocycles. The van der Waals surface area contributed by atoms with Gasteiger partial charge in [0.05, 0.1) is 6.04 Å². The smallest absolute Gasteiger partial charge is 0.131 e. The van der Waals surface area contributed by atoms with Crippen molar-refractivity contribution in [3.05, 3.63) is 65.0 Å². The Bertz CT molecular complexity index is 538. The summed E-state index contributed by atoms with van der Waals surface area (Å²) in [6.07, 6.45) is 1.69. The Labute approximate surface area is 105 Å². The van der Waals surface area contributed by atoms with E-state index in [2.05, 4.69) is 10.3 Å². The largest absolute Gasteiger partial charge is 0.309 e. The number of halogens is 2. The van der Waals surface area contributed by atoms with Crippen LogP contribution in [0.3, 0.4) is 0 Å². The number of hydrogen-bond acceptors (Lipinski definition) is 2. The molecule has 1 N–H and O–H groups in total. The van der Waals surface area contributed by atoms with Gasteiger partial charge in [-0.3, -0.25) is 4.98 Å². The zero-order valence-corrected chi connectivity index (χ0v) is 10.2. The number of hydrogen-bond donors (Lipinski definition) is 1. The van der Waals surface area contributed by atoms with E-state index in [1.54, 1.807) is 13.2 Å². The molecule has 0 spiro atoms. The average molecular weight is 248 g/mol. The number of rotatable bonds is 3. The maximum absolute atomic E-state index is 13.8. The topological polar surface area (TPSA) is 24.9 Å². The van der Waals surface area contributed by atoms with E-state index in [0.717, 1.165) is 17.3 Å². The van der Waals surface area contributed by atoms with Crippen molar-refractivity contribution in [3.8, 4) is 0 Å². The van der Waals surface area contributed by atoms with Crippen LogP contribution < -0.4 is 5.32 Å². The van der Waals surface area contributed by atoms with Crippen LogP contribution in [-0.2, 0) is 0 Å². The van der Waals surface area contributed by atoms with Crippen LogP contribution in [0, 0.1) is 18.6 Å². The van der Waals surface area contributed by atoms with Gasteiger partial charge in [0.15, 0.2) is 0 Å². The summed E-state index contributed by atoms with van der Waals surface area (Å²) in [5, 5.41) is 3.01. The lowest BCUT2D eigenvalue weighted by Gasteiger charge is -2.17. The van der Waals surface area contributed by atoms with Crippen molar-refractivity contribution in [2.75, 3.05) is 7.05 Å². The number of nitrogens with one attached hydrogen (secondary N) is 1. The lowest BCUT2D eigenvalue weighted by molar-refractivity contribution is 0.551. The first kappa shape index (κ1) is 12.6. The molecule has 1 atom stereocenters. The predicted molar refractivity (Wildman–Crippen MR) is 66.2 cm³/mol. The Hall–Kier alpha value is -1.81. The second-order valence-electron chi connectivity index (χ2n) is 4.12. The SMILES string of the molecule is CNC(c1ccc(C)nc1)c1ccc(F)cc1F. The third-order valence-electron chi connectivity index (χ3n) is 2.83. The number of aromatic nitrogens is 1. The fourth-order valence-electron chi connectivity index (χ4n) is 1.89. The fraction of sp³-hybridized carbons (Fsp3) is 0.214. The number of benzene rings is 1. The van der Waals surface area contributed by atoms with Crippen molar-refractivity contribution in [2.24, 2.45) is 0 Å². The molecular weight excluding hydrogens is 234 g/mol. The zero-order valence-electron chi connectivity index (χ0n) is 10.2. The van der Waals surface area contributed by atoms with Crippen molar-refractivity contribution in [1.82, 2.24) is 10.3 Å². The van der Waals surface area contributed by atoms with E-state index in [4.69, 9.17) is 0 Å². The molecular formula is C14H14F2N2. The van der Waals surface area contributed by atoms with Crippen molar-refractivity contribution in [2.45, 2.75) is 13.0 Å². The summed E-state index contributed by atoms with van der Waals surface area (Å²) in [6, 6.07) is 7.00. The first-order valence-electron chi connectivity index (χ1n) is 5.66. The van der Waals surface area contributed by atoms with Gasteiger partial charge in [-0.25, -0.2) is 8.78 Å². The molecule has 1 unspecified atom stereocenters. The lowest BCUT2D eigenvalue weighted by atomic mass is 9.99. The average Bonchev–Trinajstić information content (AvgIpc) is 2.35. The van der Waals surface area contributed by atoms with Crippen LogP contribution in [-0.4, -0.2) is 12.0 Å². The monoisotopic (exact) mass is 248 g/mol. The van der Waals surface area contributed by atoms with Crippen molar-refractivity contribution >= 4 is 0 Å². The van der Waals surface area contributed by atoms with E-state index < -0.39 is 11.6 Å². The molecule has 1 aromatic carbocycles. The Morgan fingerprint density at radius 3 is 2.50 bits per heavy atom. The van der Waals surface area contributed by atoms with E-state index in [-0.39, 0.29) is 6.04 Å². The highest BCUT2D eigenvalue weighted by atomic mass is 19.1. The maximum Gasteiger partial charge on any atom is 0.131 e. The molecule has 0 fully saturated rings. The van der Waals surface area contributed by atoms with Gasteiger partial charge in [0.25, 0.3) is 0 Å². The second-order valence-corrected chi connectivity index (χ2v) is 4.12. The summed E-state index contributed by atoms with van der Waals surface area (Å²) in [7, 11) is 1.73. The highest BCUT2D eigenvalue weighted by Gasteiger charge is 2.16. The quantitative estimate of drug-likeness (QED) is 0.903. The molecule has 0 aliphatic heterocycles. The van der Waals surface area contributed by atoms with Crippen molar-refractivity contribution in [1.29, 1.82) is 0 Å². The molecule has 0 aliphatic carbocycles. The molecule has 94 valence electrons. The molecule has 0 aliphatic rings. The molecule has 1 heterocycles.